The number of halogens is 2. The minimum atomic E-state index is -0.820. The second-order valence-electron chi connectivity index (χ2n) is 5.67. The van der Waals surface area contributed by atoms with Crippen molar-refractivity contribution in [3.05, 3.63) is 41.4 Å². The number of aliphatic carboxylic acids is 1. The molecule has 9 heteroatoms. The predicted molar refractivity (Wildman–Crippen MR) is 93.0 cm³/mol. The largest absolute Gasteiger partial charge is 0.480 e. The molecule has 1 aromatic heterocycles. The van der Waals surface area contributed by atoms with E-state index in [0.29, 0.717) is 37.7 Å². The number of carboxylic acids is 1. The quantitative estimate of drug-likeness (QED) is 0.840. The summed E-state index contributed by atoms with van der Waals surface area (Å²) in [6.45, 7) is 2.74. The van der Waals surface area contributed by atoms with Crippen molar-refractivity contribution in [3.63, 3.8) is 0 Å². The van der Waals surface area contributed by atoms with Crippen molar-refractivity contribution in [1.29, 1.82) is 0 Å². The van der Waals surface area contributed by atoms with Gasteiger partial charge in [-0.2, -0.15) is 0 Å². The van der Waals surface area contributed by atoms with Crippen LogP contribution < -0.4 is 10.2 Å². The van der Waals surface area contributed by atoms with E-state index in [4.69, 9.17) is 16.7 Å². The summed E-state index contributed by atoms with van der Waals surface area (Å²) in [7, 11) is 0. The first-order chi connectivity index (χ1) is 12.0. The number of carbonyl (C=O) groups is 1. The van der Waals surface area contributed by atoms with Crippen LogP contribution in [0, 0.1) is 5.82 Å². The normalized spacial score (nSPS) is 15.2. The van der Waals surface area contributed by atoms with Gasteiger partial charge in [0.05, 0.1) is 11.6 Å². The maximum Gasteiger partial charge on any atom is 0.317 e. The number of carboxylic acid groups (broad SMARTS) is 1. The molecule has 0 atom stereocenters. The average Bonchev–Trinajstić information content (AvgIpc) is 2.59. The minimum absolute atomic E-state index is 0.0360. The Balaban J connectivity index is 1.65. The van der Waals surface area contributed by atoms with Crippen molar-refractivity contribution in [2.45, 2.75) is 0 Å². The molecule has 0 radical (unpaired) electrons. The third kappa shape index (κ3) is 4.55. The van der Waals surface area contributed by atoms with Gasteiger partial charge in [-0.1, -0.05) is 11.6 Å². The maximum atomic E-state index is 13.2. The van der Waals surface area contributed by atoms with Crippen LogP contribution >= 0.6 is 11.6 Å². The van der Waals surface area contributed by atoms with Crippen LogP contribution in [0.25, 0.3) is 0 Å². The van der Waals surface area contributed by atoms with Gasteiger partial charge >= 0.3 is 5.97 Å². The lowest BCUT2D eigenvalue weighted by Crippen LogP contribution is -2.48. The first kappa shape index (κ1) is 17.4. The summed E-state index contributed by atoms with van der Waals surface area (Å²) in [5.41, 5.74) is 0.627. The Bertz CT molecular complexity index is 768. The lowest BCUT2D eigenvalue weighted by molar-refractivity contribution is -0.138. The maximum absolute atomic E-state index is 13.2. The molecule has 0 unspecified atom stereocenters. The number of rotatable bonds is 5. The van der Waals surface area contributed by atoms with Gasteiger partial charge in [-0.05, 0) is 18.2 Å². The van der Waals surface area contributed by atoms with E-state index in [2.05, 4.69) is 20.2 Å². The molecule has 1 aromatic carbocycles. The lowest BCUT2D eigenvalue weighted by Gasteiger charge is -2.34. The molecule has 1 fully saturated rings. The lowest BCUT2D eigenvalue weighted by atomic mass is 10.3. The molecule has 25 heavy (non-hydrogen) atoms. The molecule has 1 aliphatic rings. The van der Waals surface area contributed by atoms with E-state index in [1.54, 1.807) is 12.1 Å². The minimum Gasteiger partial charge on any atom is -0.480 e. The van der Waals surface area contributed by atoms with Crippen molar-refractivity contribution in [2.24, 2.45) is 0 Å². The number of benzene rings is 1. The number of anilines is 3. The Kier molecular flexibility index (Phi) is 5.30. The molecule has 0 spiro atoms. The molecule has 1 saturated heterocycles. The van der Waals surface area contributed by atoms with E-state index in [0.717, 1.165) is 5.82 Å². The van der Waals surface area contributed by atoms with Crippen molar-refractivity contribution in [3.8, 4) is 0 Å². The average molecular weight is 366 g/mol. The van der Waals surface area contributed by atoms with Crippen molar-refractivity contribution < 1.29 is 14.3 Å². The van der Waals surface area contributed by atoms with E-state index in [9.17, 15) is 9.18 Å². The van der Waals surface area contributed by atoms with Crippen LogP contribution in [0.15, 0.2) is 30.6 Å². The molecule has 132 valence electrons. The molecule has 0 aliphatic carbocycles. The summed E-state index contributed by atoms with van der Waals surface area (Å²) in [6.07, 6.45) is 1.45. The third-order valence-corrected chi connectivity index (χ3v) is 4.19. The van der Waals surface area contributed by atoms with Gasteiger partial charge in [-0.25, -0.2) is 14.4 Å². The van der Waals surface area contributed by atoms with Gasteiger partial charge < -0.3 is 15.3 Å². The van der Waals surface area contributed by atoms with E-state index < -0.39 is 11.8 Å². The standard InChI is InChI=1S/C16H17ClFN5O2/c17-12-7-11(1-2-13(12)18)21-14-8-15(20-10-19-14)23-5-3-22(4-6-23)9-16(24)25/h1-2,7-8,10H,3-6,9H2,(H,24,25)(H,19,20,21). The summed E-state index contributed by atoms with van der Waals surface area (Å²) in [6, 6.07) is 6.15. The zero-order valence-electron chi connectivity index (χ0n) is 13.3. The van der Waals surface area contributed by atoms with Gasteiger partial charge in [0.1, 0.15) is 23.8 Å². The molecule has 2 aromatic rings. The molecule has 2 N–H and O–H groups in total. The molecule has 7 nitrogen and oxygen atoms in total. The van der Waals surface area contributed by atoms with Crippen LogP contribution in [0.4, 0.5) is 21.7 Å². The smallest absolute Gasteiger partial charge is 0.317 e. The van der Waals surface area contributed by atoms with Crippen LogP contribution in [-0.2, 0) is 4.79 Å². The van der Waals surface area contributed by atoms with E-state index in [-0.39, 0.29) is 11.6 Å². The van der Waals surface area contributed by atoms with Gasteiger partial charge in [0.25, 0.3) is 0 Å². The molecule has 3 rings (SSSR count). The summed E-state index contributed by atoms with van der Waals surface area (Å²) >= 11 is 5.78. The van der Waals surface area contributed by atoms with Gasteiger partial charge in [0.15, 0.2) is 0 Å². The number of piperazine rings is 1. The Labute approximate surface area is 149 Å². The molecule has 0 amide bonds. The Morgan fingerprint density at radius 1 is 1.24 bits per heavy atom. The van der Waals surface area contributed by atoms with Crippen LogP contribution in [0.1, 0.15) is 0 Å². The molecule has 1 aliphatic heterocycles. The molecular formula is C16H17ClFN5O2. The van der Waals surface area contributed by atoms with Crippen LogP contribution in [0.2, 0.25) is 5.02 Å². The van der Waals surface area contributed by atoms with Crippen molar-refractivity contribution in [1.82, 2.24) is 14.9 Å². The number of hydrogen-bond acceptors (Lipinski definition) is 6. The Hall–Kier alpha value is -2.45. The topological polar surface area (TPSA) is 81.6 Å². The zero-order valence-corrected chi connectivity index (χ0v) is 14.1. The second-order valence-corrected chi connectivity index (χ2v) is 6.08. The van der Waals surface area contributed by atoms with E-state index >= 15 is 0 Å². The van der Waals surface area contributed by atoms with Crippen LogP contribution in [-0.4, -0.2) is 58.7 Å². The number of hydrogen-bond donors (Lipinski definition) is 2. The monoisotopic (exact) mass is 365 g/mol. The summed E-state index contributed by atoms with van der Waals surface area (Å²) in [5, 5.41) is 12.0. The summed E-state index contributed by atoms with van der Waals surface area (Å²) in [5.74, 6) is 0.0241. The van der Waals surface area contributed by atoms with Gasteiger partial charge in [-0.3, -0.25) is 9.69 Å². The van der Waals surface area contributed by atoms with Gasteiger partial charge in [0.2, 0.25) is 0 Å². The number of aromatic nitrogens is 2. The highest BCUT2D eigenvalue weighted by Gasteiger charge is 2.20. The van der Waals surface area contributed by atoms with E-state index in [1.807, 2.05) is 4.90 Å². The number of nitrogens with zero attached hydrogens (tertiary/aromatic N) is 4. The molecule has 0 saturated carbocycles. The van der Waals surface area contributed by atoms with Gasteiger partial charge in [0, 0.05) is 37.9 Å². The fourth-order valence-corrected chi connectivity index (χ4v) is 2.82. The zero-order chi connectivity index (χ0) is 17.8. The predicted octanol–water partition coefficient (Wildman–Crippen LogP) is 2.22. The van der Waals surface area contributed by atoms with Crippen molar-refractivity contribution in [2.75, 3.05) is 42.9 Å². The first-order valence-corrected chi connectivity index (χ1v) is 8.12. The SMILES string of the molecule is O=C(O)CN1CCN(c2cc(Nc3ccc(F)c(Cl)c3)ncn2)CC1. The van der Waals surface area contributed by atoms with Crippen LogP contribution in [0.5, 0.6) is 0 Å². The molecule has 2 heterocycles. The van der Waals surface area contributed by atoms with Gasteiger partial charge in [-0.15, -0.1) is 0 Å². The second kappa shape index (κ2) is 7.62. The summed E-state index contributed by atoms with van der Waals surface area (Å²) < 4.78 is 13.2. The molecular weight excluding hydrogens is 349 g/mol. The molecule has 0 bridgehead atoms. The fourth-order valence-electron chi connectivity index (χ4n) is 2.64. The number of nitrogens with one attached hydrogen (secondary N) is 1. The van der Waals surface area contributed by atoms with Crippen LogP contribution in [0.3, 0.4) is 0 Å². The van der Waals surface area contributed by atoms with E-state index in [1.165, 1.54) is 18.5 Å². The third-order valence-electron chi connectivity index (χ3n) is 3.90. The Morgan fingerprint density at radius 3 is 2.68 bits per heavy atom. The highest BCUT2D eigenvalue weighted by atomic mass is 35.5. The Morgan fingerprint density at radius 2 is 2.00 bits per heavy atom. The fraction of sp³-hybridized carbons (Fsp3) is 0.312. The highest BCUT2D eigenvalue weighted by Crippen LogP contribution is 2.23. The summed E-state index contributed by atoms with van der Waals surface area (Å²) in [4.78, 5) is 23.2. The van der Waals surface area contributed by atoms with Crippen molar-refractivity contribution >= 4 is 34.9 Å². The highest BCUT2D eigenvalue weighted by molar-refractivity contribution is 6.31. The first-order valence-electron chi connectivity index (χ1n) is 7.74.